The highest BCUT2D eigenvalue weighted by molar-refractivity contribution is 5.86. The molecule has 1 aromatic carbocycles. The van der Waals surface area contributed by atoms with Crippen LogP contribution in [0.5, 0.6) is 0 Å². The number of esters is 1. The summed E-state index contributed by atoms with van der Waals surface area (Å²) in [6.07, 6.45) is -0.774. The lowest BCUT2D eigenvalue weighted by Gasteiger charge is -2.26. The molecule has 3 rings (SSSR count). The van der Waals surface area contributed by atoms with Crippen LogP contribution in [0, 0.1) is 23.4 Å². The number of hydrogen-bond donors (Lipinski definition) is 1. The Morgan fingerprint density at radius 3 is 2.53 bits per heavy atom. The summed E-state index contributed by atoms with van der Waals surface area (Å²) in [5.74, 6) is -5.44. The van der Waals surface area contributed by atoms with Crippen LogP contribution in [-0.4, -0.2) is 47.8 Å². The predicted molar refractivity (Wildman–Crippen MR) is 101 cm³/mol. The van der Waals surface area contributed by atoms with Gasteiger partial charge in [-0.25, -0.2) is 26.7 Å². The van der Waals surface area contributed by atoms with E-state index in [1.165, 1.54) is 4.90 Å². The summed E-state index contributed by atoms with van der Waals surface area (Å²) in [4.78, 5) is 38.0. The quantitative estimate of drug-likeness (QED) is 0.330. The van der Waals surface area contributed by atoms with Crippen molar-refractivity contribution in [3.05, 3.63) is 35.1 Å². The van der Waals surface area contributed by atoms with E-state index in [-0.39, 0.29) is 37.2 Å². The second-order valence-electron chi connectivity index (χ2n) is 8.10. The van der Waals surface area contributed by atoms with Gasteiger partial charge in [-0.05, 0) is 24.8 Å². The van der Waals surface area contributed by atoms with Gasteiger partial charge in [0.15, 0.2) is 18.2 Å². The molecule has 0 unspecified atom stereocenters. The van der Waals surface area contributed by atoms with Crippen LogP contribution in [0.25, 0.3) is 0 Å². The third-order valence-corrected chi connectivity index (χ3v) is 5.52. The Bertz CT molecular complexity index is 878. The zero-order chi connectivity index (χ0) is 23.4. The minimum Gasteiger partial charge on any atom is -0.458 e. The van der Waals surface area contributed by atoms with Gasteiger partial charge < -0.3 is 15.0 Å². The molecule has 1 aliphatic heterocycles. The Labute approximate surface area is 181 Å². The molecule has 1 saturated carbocycles. The summed E-state index contributed by atoms with van der Waals surface area (Å²) < 4.78 is 70.1. The van der Waals surface area contributed by atoms with E-state index in [1.54, 1.807) is 0 Å². The van der Waals surface area contributed by atoms with Gasteiger partial charge in [0.25, 0.3) is 6.43 Å². The zero-order valence-corrected chi connectivity index (χ0v) is 17.1. The molecule has 1 heterocycles. The normalized spacial score (nSPS) is 19.4. The topological polar surface area (TPSA) is 75.7 Å². The first kappa shape index (κ1) is 23.9. The average Bonchev–Trinajstić information content (AvgIpc) is 3.48. The van der Waals surface area contributed by atoms with E-state index in [1.807, 2.05) is 0 Å². The maximum atomic E-state index is 14.0. The van der Waals surface area contributed by atoms with Crippen LogP contribution in [0.15, 0.2) is 12.1 Å². The SMILES string of the molecule is O=C(C[C@@H]1CCC(=O)N1Cc1cc(F)cc(F)c1F)N[C@@H](CC1CC1)C(=O)OCC(F)F. The molecule has 176 valence electrons. The van der Waals surface area contributed by atoms with Crippen LogP contribution in [0.2, 0.25) is 0 Å². The second kappa shape index (κ2) is 10.3. The van der Waals surface area contributed by atoms with Crippen molar-refractivity contribution in [3.63, 3.8) is 0 Å². The maximum Gasteiger partial charge on any atom is 0.328 e. The van der Waals surface area contributed by atoms with Crippen molar-refractivity contribution < 1.29 is 41.1 Å². The Morgan fingerprint density at radius 1 is 1.16 bits per heavy atom. The number of rotatable bonds is 10. The van der Waals surface area contributed by atoms with E-state index in [0.717, 1.165) is 18.9 Å². The van der Waals surface area contributed by atoms with Gasteiger partial charge in [0.1, 0.15) is 11.9 Å². The van der Waals surface area contributed by atoms with E-state index in [2.05, 4.69) is 10.1 Å². The summed E-state index contributed by atoms with van der Waals surface area (Å²) in [5.41, 5.74) is -0.356. The molecule has 0 bridgehead atoms. The number of likely N-dealkylation sites (tertiary alicyclic amines) is 1. The number of benzene rings is 1. The van der Waals surface area contributed by atoms with Gasteiger partial charge in [-0.15, -0.1) is 0 Å². The van der Waals surface area contributed by atoms with Gasteiger partial charge in [-0.2, -0.15) is 0 Å². The molecular weight excluding hydrogens is 439 g/mol. The monoisotopic (exact) mass is 462 g/mol. The standard InChI is InChI=1S/C21H23F5N2O4/c22-13-6-12(20(26)15(23)7-13)9-28-14(3-4-19(28)30)8-18(29)27-16(5-11-1-2-11)21(31)32-10-17(24)25/h6-7,11,14,16-17H,1-5,8-10H2,(H,27,29)/t14-,16-/m0/s1. The molecule has 1 aliphatic carbocycles. The van der Waals surface area contributed by atoms with Gasteiger partial charge in [-0.1, -0.05) is 12.8 Å². The van der Waals surface area contributed by atoms with Gasteiger partial charge in [0.2, 0.25) is 11.8 Å². The van der Waals surface area contributed by atoms with Crippen LogP contribution in [0.4, 0.5) is 22.0 Å². The average molecular weight is 462 g/mol. The molecule has 1 saturated heterocycles. The molecule has 6 nitrogen and oxygen atoms in total. The molecule has 1 aromatic rings. The highest BCUT2D eigenvalue weighted by atomic mass is 19.3. The lowest BCUT2D eigenvalue weighted by Crippen LogP contribution is -2.45. The molecule has 32 heavy (non-hydrogen) atoms. The molecule has 2 atom stereocenters. The number of nitrogens with one attached hydrogen (secondary N) is 1. The fourth-order valence-electron chi connectivity index (χ4n) is 3.74. The van der Waals surface area contributed by atoms with Crippen molar-refractivity contribution in [1.29, 1.82) is 0 Å². The molecular formula is C21H23F5N2O4. The van der Waals surface area contributed by atoms with Crippen molar-refractivity contribution >= 4 is 17.8 Å². The second-order valence-corrected chi connectivity index (χ2v) is 8.10. The largest absolute Gasteiger partial charge is 0.458 e. The fourth-order valence-corrected chi connectivity index (χ4v) is 3.74. The van der Waals surface area contributed by atoms with E-state index < -0.39 is 66.9 Å². The van der Waals surface area contributed by atoms with Crippen LogP contribution in [-0.2, 0) is 25.7 Å². The zero-order valence-electron chi connectivity index (χ0n) is 17.1. The minimum atomic E-state index is -2.83. The predicted octanol–water partition coefficient (Wildman–Crippen LogP) is 3.08. The number of alkyl halides is 2. The summed E-state index contributed by atoms with van der Waals surface area (Å²) in [5, 5.41) is 2.48. The first-order valence-corrected chi connectivity index (χ1v) is 10.3. The summed E-state index contributed by atoms with van der Waals surface area (Å²) in [6, 6.07) is -0.588. The maximum absolute atomic E-state index is 14.0. The first-order valence-electron chi connectivity index (χ1n) is 10.3. The Balaban J connectivity index is 1.63. The molecule has 0 aromatic heterocycles. The van der Waals surface area contributed by atoms with E-state index in [0.29, 0.717) is 6.07 Å². The Hall–Kier alpha value is -2.72. The molecule has 2 fully saturated rings. The van der Waals surface area contributed by atoms with Crippen molar-refractivity contribution in [2.45, 2.75) is 63.6 Å². The lowest BCUT2D eigenvalue weighted by atomic mass is 10.1. The molecule has 11 heteroatoms. The van der Waals surface area contributed by atoms with Gasteiger partial charge >= 0.3 is 5.97 Å². The van der Waals surface area contributed by atoms with E-state index in [4.69, 9.17) is 0 Å². The van der Waals surface area contributed by atoms with Crippen molar-refractivity contribution in [3.8, 4) is 0 Å². The van der Waals surface area contributed by atoms with Crippen molar-refractivity contribution in [2.24, 2.45) is 5.92 Å². The molecule has 0 spiro atoms. The molecule has 2 amide bonds. The van der Waals surface area contributed by atoms with Crippen LogP contribution in [0.1, 0.15) is 44.1 Å². The van der Waals surface area contributed by atoms with Crippen LogP contribution < -0.4 is 5.32 Å². The third-order valence-electron chi connectivity index (χ3n) is 5.52. The number of carbonyl (C=O) groups is 3. The number of carbonyl (C=O) groups excluding carboxylic acids is 3. The first-order chi connectivity index (χ1) is 15.1. The summed E-state index contributed by atoms with van der Waals surface area (Å²) in [7, 11) is 0. The van der Waals surface area contributed by atoms with Gasteiger partial charge in [0.05, 0.1) is 0 Å². The van der Waals surface area contributed by atoms with E-state index in [9.17, 15) is 36.3 Å². The third kappa shape index (κ3) is 6.39. The number of nitrogens with zero attached hydrogens (tertiary/aromatic N) is 1. The van der Waals surface area contributed by atoms with Gasteiger partial charge in [-0.3, -0.25) is 9.59 Å². The Morgan fingerprint density at radius 2 is 1.88 bits per heavy atom. The number of amides is 2. The van der Waals surface area contributed by atoms with Crippen LogP contribution in [0.3, 0.4) is 0 Å². The smallest absolute Gasteiger partial charge is 0.328 e. The van der Waals surface area contributed by atoms with E-state index >= 15 is 0 Å². The minimum absolute atomic E-state index is 0.0687. The number of ether oxygens (including phenoxy) is 1. The number of hydrogen-bond acceptors (Lipinski definition) is 4. The highest BCUT2D eigenvalue weighted by Crippen LogP contribution is 2.34. The lowest BCUT2D eigenvalue weighted by molar-refractivity contribution is -0.152. The highest BCUT2D eigenvalue weighted by Gasteiger charge is 2.36. The Kier molecular flexibility index (Phi) is 7.68. The summed E-state index contributed by atoms with van der Waals surface area (Å²) in [6.45, 7) is -1.49. The van der Waals surface area contributed by atoms with Gasteiger partial charge in [0, 0.05) is 37.1 Å². The molecule has 0 radical (unpaired) electrons. The summed E-state index contributed by atoms with van der Waals surface area (Å²) >= 11 is 0. The molecule has 2 aliphatic rings. The number of halogens is 5. The fraction of sp³-hybridized carbons (Fsp3) is 0.571. The van der Waals surface area contributed by atoms with Crippen LogP contribution >= 0.6 is 0 Å². The molecule has 1 N–H and O–H groups in total. The van der Waals surface area contributed by atoms with Crippen molar-refractivity contribution in [1.82, 2.24) is 10.2 Å². The van der Waals surface area contributed by atoms with Crippen molar-refractivity contribution in [2.75, 3.05) is 6.61 Å².